The minimum atomic E-state index is 0.375. The molecule has 0 bridgehead atoms. The van der Waals surface area contributed by atoms with Gasteiger partial charge in [-0.15, -0.1) is 0 Å². The van der Waals surface area contributed by atoms with Gasteiger partial charge in [-0.3, -0.25) is 4.79 Å². The Balaban J connectivity index is 2.52. The number of hydrogen-bond acceptors (Lipinski definition) is 1. The van der Waals surface area contributed by atoms with Crippen LogP contribution in [-0.2, 0) is 4.79 Å². The molecule has 0 radical (unpaired) electrons. The van der Waals surface area contributed by atoms with Crippen LogP contribution in [0.3, 0.4) is 0 Å². The van der Waals surface area contributed by atoms with Gasteiger partial charge < -0.3 is 4.90 Å². The molecule has 1 aliphatic heterocycles. The molecule has 0 aromatic rings. The molecule has 1 rings (SSSR count). The van der Waals surface area contributed by atoms with E-state index in [1.165, 1.54) is 19.3 Å². The first-order valence-electron chi connectivity index (χ1n) is 7.42. The molecule has 1 fully saturated rings. The van der Waals surface area contributed by atoms with Crippen LogP contribution in [0.15, 0.2) is 0 Å². The predicted molar refractivity (Wildman–Crippen MR) is 81.0 cm³/mol. The highest BCUT2D eigenvalue weighted by atomic mass is 79.9. The lowest BCUT2D eigenvalue weighted by atomic mass is 9.95. The first-order chi connectivity index (χ1) is 8.58. The molecular formula is C15H28BrNO. The van der Waals surface area contributed by atoms with Crippen molar-refractivity contribution >= 4 is 21.8 Å². The Morgan fingerprint density at radius 3 is 2.67 bits per heavy atom. The second-order valence-electron chi connectivity index (χ2n) is 5.98. The minimum absolute atomic E-state index is 0.375. The molecule has 1 aliphatic rings. The van der Waals surface area contributed by atoms with Crippen molar-refractivity contribution in [2.24, 2.45) is 17.8 Å². The Morgan fingerprint density at radius 2 is 2.11 bits per heavy atom. The second kappa shape index (κ2) is 8.19. The zero-order chi connectivity index (χ0) is 13.5. The molecule has 2 atom stereocenters. The van der Waals surface area contributed by atoms with Gasteiger partial charge in [0.1, 0.15) is 0 Å². The van der Waals surface area contributed by atoms with Gasteiger partial charge in [0, 0.05) is 24.8 Å². The Labute approximate surface area is 121 Å². The van der Waals surface area contributed by atoms with Gasteiger partial charge in [-0.2, -0.15) is 0 Å². The molecule has 0 aromatic heterocycles. The van der Waals surface area contributed by atoms with Crippen molar-refractivity contribution in [2.45, 2.75) is 52.9 Å². The lowest BCUT2D eigenvalue weighted by Crippen LogP contribution is -2.37. The average Bonchev–Trinajstić information content (AvgIpc) is 2.50. The fourth-order valence-corrected chi connectivity index (χ4v) is 3.66. The van der Waals surface area contributed by atoms with E-state index in [0.717, 1.165) is 37.2 Å². The van der Waals surface area contributed by atoms with Gasteiger partial charge in [0.05, 0.1) is 0 Å². The maximum atomic E-state index is 12.1. The molecule has 2 unspecified atom stereocenters. The number of alkyl halides is 1. The summed E-state index contributed by atoms with van der Waals surface area (Å²) in [4.78, 5) is 14.3. The highest BCUT2D eigenvalue weighted by molar-refractivity contribution is 9.09. The highest BCUT2D eigenvalue weighted by Gasteiger charge is 2.25. The molecule has 3 heteroatoms. The molecule has 1 amide bonds. The van der Waals surface area contributed by atoms with E-state index in [0.29, 0.717) is 17.7 Å². The topological polar surface area (TPSA) is 20.3 Å². The summed E-state index contributed by atoms with van der Waals surface area (Å²) in [5.74, 6) is 2.36. The maximum Gasteiger partial charge on any atom is 0.222 e. The fraction of sp³-hybridized carbons (Fsp3) is 0.933. The van der Waals surface area contributed by atoms with Crippen molar-refractivity contribution in [3.8, 4) is 0 Å². The van der Waals surface area contributed by atoms with E-state index in [2.05, 4.69) is 41.6 Å². The number of carbonyl (C=O) groups is 1. The fourth-order valence-electron chi connectivity index (χ4n) is 2.70. The summed E-state index contributed by atoms with van der Waals surface area (Å²) in [5.41, 5.74) is 0. The van der Waals surface area contributed by atoms with E-state index in [9.17, 15) is 4.79 Å². The smallest absolute Gasteiger partial charge is 0.222 e. The first-order valence-corrected chi connectivity index (χ1v) is 8.54. The molecule has 106 valence electrons. The maximum absolute atomic E-state index is 12.1. The van der Waals surface area contributed by atoms with Crippen molar-refractivity contribution in [1.82, 2.24) is 4.90 Å². The number of likely N-dealkylation sites (tertiary alicyclic amines) is 1. The van der Waals surface area contributed by atoms with Crippen molar-refractivity contribution in [1.29, 1.82) is 0 Å². The van der Waals surface area contributed by atoms with Crippen LogP contribution in [0.2, 0.25) is 0 Å². The normalized spacial score (nSPS) is 23.3. The van der Waals surface area contributed by atoms with E-state index in [1.54, 1.807) is 0 Å². The standard InChI is InChI=1S/C15H28BrNO/c1-4-5-13-6-7-15(18)17(9-8-13)11-14(10-16)12(2)3/h12-14H,4-11H2,1-3H3. The van der Waals surface area contributed by atoms with E-state index in [-0.39, 0.29) is 0 Å². The summed E-state index contributed by atoms with van der Waals surface area (Å²) >= 11 is 3.58. The summed E-state index contributed by atoms with van der Waals surface area (Å²) < 4.78 is 0. The predicted octanol–water partition coefficient (Wildman–Crippen LogP) is 4.08. The van der Waals surface area contributed by atoms with Gasteiger partial charge in [-0.05, 0) is 30.6 Å². The third-order valence-corrected chi connectivity index (χ3v) is 5.05. The van der Waals surface area contributed by atoms with Gasteiger partial charge in [0.25, 0.3) is 0 Å². The summed E-state index contributed by atoms with van der Waals surface area (Å²) in [6.07, 6.45) is 5.59. The highest BCUT2D eigenvalue weighted by Crippen LogP contribution is 2.24. The first kappa shape index (κ1) is 16.0. The third-order valence-electron chi connectivity index (χ3n) is 4.22. The Kier molecular flexibility index (Phi) is 7.28. The molecule has 0 saturated carbocycles. The number of nitrogens with zero attached hydrogens (tertiary/aromatic N) is 1. The molecule has 0 aliphatic carbocycles. The summed E-state index contributed by atoms with van der Waals surface area (Å²) in [6.45, 7) is 8.63. The number of rotatable bonds is 6. The summed E-state index contributed by atoms with van der Waals surface area (Å²) in [6, 6.07) is 0. The van der Waals surface area contributed by atoms with Gasteiger partial charge >= 0.3 is 0 Å². The van der Waals surface area contributed by atoms with Gasteiger partial charge in [0.2, 0.25) is 5.91 Å². The molecule has 0 N–H and O–H groups in total. The van der Waals surface area contributed by atoms with Gasteiger partial charge in [-0.25, -0.2) is 0 Å². The lowest BCUT2D eigenvalue weighted by Gasteiger charge is -2.28. The molecule has 0 aromatic carbocycles. The van der Waals surface area contributed by atoms with Crippen LogP contribution in [0.1, 0.15) is 52.9 Å². The molecular weight excluding hydrogens is 290 g/mol. The van der Waals surface area contributed by atoms with Crippen LogP contribution >= 0.6 is 15.9 Å². The Bertz CT molecular complexity index is 255. The monoisotopic (exact) mass is 317 g/mol. The summed E-state index contributed by atoms with van der Waals surface area (Å²) in [5, 5.41) is 0.993. The van der Waals surface area contributed by atoms with E-state index in [4.69, 9.17) is 0 Å². The number of carbonyl (C=O) groups excluding carboxylic acids is 1. The number of amides is 1. The molecule has 0 spiro atoms. The van der Waals surface area contributed by atoms with Crippen LogP contribution in [0, 0.1) is 17.8 Å². The van der Waals surface area contributed by atoms with Crippen LogP contribution in [-0.4, -0.2) is 29.2 Å². The minimum Gasteiger partial charge on any atom is -0.342 e. The number of halogens is 1. The molecule has 18 heavy (non-hydrogen) atoms. The molecule has 1 heterocycles. The van der Waals surface area contributed by atoms with Gasteiger partial charge in [0.15, 0.2) is 0 Å². The largest absolute Gasteiger partial charge is 0.342 e. The van der Waals surface area contributed by atoms with Crippen molar-refractivity contribution < 1.29 is 4.79 Å². The zero-order valence-electron chi connectivity index (χ0n) is 12.1. The van der Waals surface area contributed by atoms with E-state index < -0.39 is 0 Å². The van der Waals surface area contributed by atoms with Crippen LogP contribution in [0.4, 0.5) is 0 Å². The Hall–Kier alpha value is -0.0500. The molecule has 1 saturated heterocycles. The SMILES string of the molecule is CCCC1CCC(=O)N(CC(CBr)C(C)C)CC1. The van der Waals surface area contributed by atoms with Crippen LogP contribution < -0.4 is 0 Å². The second-order valence-corrected chi connectivity index (χ2v) is 6.63. The lowest BCUT2D eigenvalue weighted by molar-refractivity contribution is -0.131. The average molecular weight is 318 g/mol. The van der Waals surface area contributed by atoms with Crippen molar-refractivity contribution in [2.75, 3.05) is 18.4 Å². The van der Waals surface area contributed by atoms with Crippen LogP contribution in [0.25, 0.3) is 0 Å². The van der Waals surface area contributed by atoms with Crippen LogP contribution in [0.5, 0.6) is 0 Å². The Morgan fingerprint density at radius 1 is 1.39 bits per heavy atom. The van der Waals surface area contributed by atoms with E-state index in [1.807, 2.05) is 0 Å². The summed E-state index contributed by atoms with van der Waals surface area (Å²) in [7, 11) is 0. The zero-order valence-corrected chi connectivity index (χ0v) is 13.7. The third kappa shape index (κ3) is 4.91. The van der Waals surface area contributed by atoms with E-state index >= 15 is 0 Å². The van der Waals surface area contributed by atoms with Gasteiger partial charge in [-0.1, -0.05) is 49.5 Å². The van der Waals surface area contributed by atoms with Crippen molar-refractivity contribution in [3.63, 3.8) is 0 Å². The van der Waals surface area contributed by atoms with Crippen molar-refractivity contribution in [3.05, 3.63) is 0 Å². The number of hydrogen-bond donors (Lipinski definition) is 0. The molecule has 2 nitrogen and oxygen atoms in total. The quantitative estimate of drug-likeness (QED) is 0.676.